The molecule has 0 atom stereocenters. The molecule has 0 fully saturated rings. The Hall–Kier alpha value is -1.94. The van der Waals surface area contributed by atoms with E-state index >= 15 is 0 Å². The maximum atomic E-state index is 5.50. The maximum absolute atomic E-state index is 5.50. The van der Waals surface area contributed by atoms with Gasteiger partial charge in [-0.15, -0.1) is 0 Å². The summed E-state index contributed by atoms with van der Waals surface area (Å²) in [5, 5.41) is 3.22. The molecule has 0 aliphatic rings. The molecule has 0 saturated carbocycles. The van der Waals surface area contributed by atoms with Gasteiger partial charge in [-0.25, -0.2) is 9.97 Å². The molecule has 4 nitrogen and oxygen atoms in total. The molecule has 2 rings (SSSR count). The number of anilines is 1. The second-order valence-electron chi connectivity index (χ2n) is 5.56. The number of nitrogens with zero attached hydrogens (tertiary/aromatic N) is 2. The van der Waals surface area contributed by atoms with Crippen LogP contribution in [0.15, 0.2) is 30.3 Å². The van der Waals surface area contributed by atoms with Gasteiger partial charge in [0, 0.05) is 17.8 Å². The first-order valence-corrected chi connectivity index (χ1v) is 7.50. The molecule has 3 N–H and O–H groups in total. The van der Waals surface area contributed by atoms with Crippen molar-refractivity contribution in [3.05, 3.63) is 41.6 Å². The van der Waals surface area contributed by atoms with Crippen LogP contribution >= 0.6 is 0 Å². The highest BCUT2D eigenvalue weighted by molar-refractivity contribution is 5.61. The molecule has 2 aromatic rings. The first-order valence-electron chi connectivity index (χ1n) is 7.50. The van der Waals surface area contributed by atoms with Gasteiger partial charge in [-0.1, -0.05) is 38.1 Å². The number of aryl methyl sites for hydroxylation is 1. The summed E-state index contributed by atoms with van der Waals surface area (Å²) in [6.45, 7) is 7.85. The predicted octanol–water partition coefficient (Wildman–Crippen LogP) is 3.34. The lowest BCUT2D eigenvalue weighted by atomic mass is 10.0. The fourth-order valence-electron chi connectivity index (χ4n) is 2.14. The van der Waals surface area contributed by atoms with Crippen LogP contribution in [0.5, 0.6) is 0 Å². The molecule has 0 spiro atoms. The van der Waals surface area contributed by atoms with Gasteiger partial charge in [0.15, 0.2) is 0 Å². The average molecular weight is 284 g/mol. The van der Waals surface area contributed by atoms with Crippen molar-refractivity contribution in [2.45, 2.75) is 33.1 Å². The molecule has 1 aromatic heterocycles. The van der Waals surface area contributed by atoms with Gasteiger partial charge < -0.3 is 11.1 Å². The summed E-state index contributed by atoms with van der Waals surface area (Å²) in [6, 6.07) is 10.6. The van der Waals surface area contributed by atoms with Gasteiger partial charge in [-0.05, 0) is 37.4 Å². The van der Waals surface area contributed by atoms with E-state index in [2.05, 4.69) is 53.4 Å². The highest BCUT2D eigenvalue weighted by Gasteiger charge is 2.05. The van der Waals surface area contributed by atoms with E-state index in [4.69, 9.17) is 5.73 Å². The zero-order valence-corrected chi connectivity index (χ0v) is 13.1. The molecule has 112 valence electrons. The first kappa shape index (κ1) is 15.4. The molecule has 0 aliphatic carbocycles. The molecule has 21 heavy (non-hydrogen) atoms. The third kappa shape index (κ3) is 4.26. The van der Waals surface area contributed by atoms with Gasteiger partial charge in [-0.3, -0.25) is 0 Å². The molecule has 0 radical (unpaired) electrons. The van der Waals surface area contributed by atoms with Crippen molar-refractivity contribution in [3.8, 4) is 11.3 Å². The third-order valence-corrected chi connectivity index (χ3v) is 3.39. The van der Waals surface area contributed by atoms with Crippen LogP contribution in [-0.4, -0.2) is 23.1 Å². The zero-order valence-electron chi connectivity index (χ0n) is 13.1. The van der Waals surface area contributed by atoms with Gasteiger partial charge in [0.25, 0.3) is 0 Å². The van der Waals surface area contributed by atoms with Gasteiger partial charge in [-0.2, -0.15) is 0 Å². The van der Waals surface area contributed by atoms with E-state index in [0.717, 1.165) is 29.9 Å². The number of nitrogens with one attached hydrogen (secondary N) is 1. The maximum Gasteiger partial charge on any atom is 0.223 e. The van der Waals surface area contributed by atoms with Crippen LogP contribution in [0.25, 0.3) is 11.3 Å². The summed E-state index contributed by atoms with van der Waals surface area (Å²) in [7, 11) is 0. The third-order valence-electron chi connectivity index (χ3n) is 3.39. The van der Waals surface area contributed by atoms with E-state index in [1.807, 2.05) is 13.0 Å². The number of benzene rings is 1. The smallest absolute Gasteiger partial charge is 0.223 e. The summed E-state index contributed by atoms with van der Waals surface area (Å²) >= 11 is 0. The van der Waals surface area contributed by atoms with Gasteiger partial charge in [0.2, 0.25) is 5.95 Å². The lowest BCUT2D eigenvalue weighted by Gasteiger charge is -2.09. The van der Waals surface area contributed by atoms with Crippen LogP contribution in [0.3, 0.4) is 0 Å². The second-order valence-corrected chi connectivity index (χ2v) is 5.56. The van der Waals surface area contributed by atoms with E-state index in [-0.39, 0.29) is 0 Å². The SMILES string of the molecule is Cc1cc(-c2ccc(C(C)C)cc2)nc(NCCCN)n1. The van der Waals surface area contributed by atoms with Gasteiger partial charge >= 0.3 is 0 Å². The Morgan fingerprint density at radius 3 is 2.48 bits per heavy atom. The van der Waals surface area contributed by atoms with Crippen molar-refractivity contribution in [1.82, 2.24) is 9.97 Å². The predicted molar refractivity (Wildman–Crippen MR) is 88.5 cm³/mol. The normalized spacial score (nSPS) is 10.9. The second kappa shape index (κ2) is 7.18. The van der Waals surface area contributed by atoms with Crippen molar-refractivity contribution in [2.75, 3.05) is 18.4 Å². The Morgan fingerprint density at radius 1 is 1.14 bits per heavy atom. The summed E-state index contributed by atoms with van der Waals surface area (Å²) in [4.78, 5) is 9.00. The number of nitrogens with two attached hydrogens (primary N) is 1. The van der Waals surface area contributed by atoms with Crippen molar-refractivity contribution in [2.24, 2.45) is 5.73 Å². The summed E-state index contributed by atoms with van der Waals surface area (Å²) in [6.07, 6.45) is 0.912. The van der Waals surface area contributed by atoms with Gasteiger partial charge in [0.1, 0.15) is 0 Å². The Morgan fingerprint density at radius 2 is 1.86 bits per heavy atom. The molecule has 1 aromatic carbocycles. The van der Waals surface area contributed by atoms with Crippen LogP contribution in [-0.2, 0) is 0 Å². The minimum atomic E-state index is 0.541. The standard InChI is InChI=1S/C17H24N4/c1-12(2)14-5-7-15(8-6-14)16-11-13(3)20-17(21-16)19-10-4-9-18/h5-8,11-12H,4,9-10,18H2,1-3H3,(H,19,20,21). The molecule has 0 aliphatic heterocycles. The molecule has 4 heteroatoms. The Balaban J connectivity index is 2.22. The van der Waals surface area contributed by atoms with Crippen LogP contribution in [0.1, 0.15) is 37.4 Å². The van der Waals surface area contributed by atoms with Crippen LogP contribution in [0.2, 0.25) is 0 Å². The van der Waals surface area contributed by atoms with Gasteiger partial charge in [0.05, 0.1) is 5.69 Å². The molecular weight excluding hydrogens is 260 g/mol. The fraction of sp³-hybridized carbons (Fsp3) is 0.412. The first-order chi connectivity index (χ1) is 10.1. The average Bonchev–Trinajstić information content (AvgIpc) is 2.47. The highest BCUT2D eigenvalue weighted by Crippen LogP contribution is 2.22. The fourth-order valence-corrected chi connectivity index (χ4v) is 2.14. The number of hydrogen-bond donors (Lipinski definition) is 2. The Bertz CT molecular complexity index is 576. The highest BCUT2D eigenvalue weighted by atomic mass is 15.1. The van der Waals surface area contributed by atoms with E-state index in [1.165, 1.54) is 5.56 Å². The van der Waals surface area contributed by atoms with E-state index in [9.17, 15) is 0 Å². The van der Waals surface area contributed by atoms with Crippen LogP contribution in [0.4, 0.5) is 5.95 Å². The minimum absolute atomic E-state index is 0.541. The number of hydrogen-bond acceptors (Lipinski definition) is 4. The van der Waals surface area contributed by atoms with Crippen molar-refractivity contribution >= 4 is 5.95 Å². The summed E-state index contributed by atoms with van der Waals surface area (Å²) in [5.41, 5.74) is 9.87. The van der Waals surface area contributed by atoms with E-state index in [1.54, 1.807) is 0 Å². The summed E-state index contributed by atoms with van der Waals surface area (Å²) in [5.74, 6) is 1.21. The van der Waals surface area contributed by atoms with Crippen LogP contribution < -0.4 is 11.1 Å². The van der Waals surface area contributed by atoms with E-state index < -0.39 is 0 Å². The lowest BCUT2D eigenvalue weighted by Crippen LogP contribution is -2.11. The molecular formula is C17H24N4. The molecule has 1 heterocycles. The quantitative estimate of drug-likeness (QED) is 0.799. The monoisotopic (exact) mass is 284 g/mol. The molecule has 0 unspecified atom stereocenters. The largest absolute Gasteiger partial charge is 0.354 e. The number of aromatic nitrogens is 2. The molecule has 0 amide bonds. The van der Waals surface area contributed by atoms with Crippen LogP contribution in [0, 0.1) is 6.92 Å². The van der Waals surface area contributed by atoms with Crippen molar-refractivity contribution in [1.29, 1.82) is 0 Å². The minimum Gasteiger partial charge on any atom is -0.354 e. The van der Waals surface area contributed by atoms with Crippen molar-refractivity contribution < 1.29 is 0 Å². The Kier molecular flexibility index (Phi) is 5.28. The molecule has 0 saturated heterocycles. The number of rotatable bonds is 6. The summed E-state index contributed by atoms with van der Waals surface area (Å²) < 4.78 is 0. The molecule has 0 bridgehead atoms. The Labute approximate surface area is 126 Å². The zero-order chi connectivity index (χ0) is 15.2. The van der Waals surface area contributed by atoms with E-state index in [0.29, 0.717) is 18.4 Å². The van der Waals surface area contributed by atoms with Crippen molar-refractivity contribution in [3.63, 3.8) is 0 Å². The topological polar surface area (TPSA) is 63.8 Å². The lowest BCUT2D eigenvalue weighted by molar-refractivity contribution is 0.862.